The van der Waals surface area contributed by atoms with Crippen LogP contribution in [0.25, 0.3) is 0 Å². The van der Waals surface area contributed by atoms with Gasteiger partial charge in [-0.05, 0) is 25.0 Å². The topological polar surface area (TPSA) is 56.8 Å². The molecule has 2 aliphatic heterocycles. The smallest absolute Gasteiger partial charge is 0.234 e. The predicted molar refractivity (Wildman–Crippen MR) is 93.3 cm³/mol. The molecule has 1 aliphatic carbocycles. The molecule has 0 bridgehead atoms. The third-order valence-corrected chi connectivity index (χ3v) is 5.85. The fraction of sp³-hybridized carbons (Fsp3) is 0.632. The molecule has 1 aromatic heterocycles. The zero-order valence-electron chi connectivity index (χ0n) is 14.6. The minimum absolute atomic E-state index is 0.0355. The monoisotopic (exact) mass is 342 g/mol. The van der Waals surface area contributed by atoms with Gasteiger partial charge in [-0.25, -0.2) is 0 Å². The molecule has 3 fully saturated rings. The van der Waals surface area contributed by atoms with E-state index >= 15 is 0 Å². The van der Waals surface area contributed by atoms with Crippen molar-refractivity contribution in [3.8, 4) is 0 Å². The molecular formula is C19H26N4O2. The van der Waals surface area contributed by atoms with E-state index in [1.807, 2.05) is 18.3 Å². The van der Waals surface area contributed by atoms with Crippen molar-refractivity contribution in [1.82, 2.24) is 19.7 Å². The van der Waals surface area contributed by atoms with Crippen LogP contribution < -0.4 is 0 Å². The second kappa shape index (κ2) is 7.22. The van der Waals surface area contributed by atoms with Crippen LogP contribution in [0.1, 0.15) is 31.4 Å². The summed E-state index contributed by atoms with van der Waals surface area (Å²) in [6, 6.07) is 6.00. The fourth-order valence-corrected chi connectivity index (χ4v) is 4.38. The summed E-state index contributed by atoms with van der Waals surface area (Å²) in [5, 5.41) is 0. The Kier molecular flexibility index (Phi) is 4.81. The van der Waals surface area contributed by atoms with Crippen molar-refractivity contribution in [2.45, 2.75) is 32.2 Å². The normalized spacial score (nSPS) is 28.4. The number of rotatable bonds is 4. The molecular weight excluding hydrogens is 316 g/mol. The Morgan fingerprint density at radius 3 is 2.16 bits per heavy atom. The van der Waals surface area contributed by atoms with E-state index in [4.69, 9.17) is 0 Å². The highest BCUT2D eigenvalue weighted by Gasteiger charge is 2.48. The molecule has 0 aromatic carbocycles. The van der Waals surface area contributed by atoms with Gasteiger partial charge in [-0.2, -0.15) is 0 Å². The van der Waals surface area contributed by atoms with E-state index < -0.39 is 0 Å². The zero-order valence-corrected chi connectivity index (χ0v) is 14.6. The summed E-state index contributed by atoms with van der Waals surface area (Å²) in [6.45, 7) is 5.00. The van der Waals surface area contributed by atoms with Crippen LogP contribution in [0.3, 0.4) is 0 Å². The Morgan fingerprint density at radius 2 is 1.56 bits per heavy atom. The molecule has 6 heteroatoms. The van der Waals surface area contributed by atoms with Crippen molar-refractivity contribution in [2.24, 2.45) is 11.8 Å². The Labute approximate surface area is 148 Å². The molecule has 0 radical (unpaired) electrons. The highest BCUT2D eigenvalue weighted by atomic mass is 16.2. The van der Waals surface area contributed by atoms with Gasteiger partial charge >= 0.3 is 0 Å². The summed E-state index contributed by atoms with van der Waals surface area (Å²) >= 11 is 0. The number of carbonyl (C=O) groups excluding carboxylic acids is 2. The van der Waals surface area contributed by atoms with Gasteiger partial charge in [0, 0.05) is 38.9 Å². The molecule has 2 amide bonds. The average molecular weight is 342 g/mol. The van der Waals surface area contributed by atoms with E-state index in [1.54, 1.807) is 0 Å². The van der Waals surface area contributed by atoms with Gasteiger partial charge in [0.1, 0.15) is 0 Å². The first-order valence-corrected chi connectivity index (χ1v) is 9.42. The van der Waals surface area contributed by atoms with Gasteiger partial charge in [-0.3, -0.25) is 29.3 Å². The SMILES string of the molecule is O=C1C2CCCCC2C(=O)N1CN1CCN(Cc2ccccn2)CC1. The Bertz CT molecular complexity index is 604. The molecule has 134 valence electrons. The van der Waals surface area contributed by atoms with Crippen LogP contribution >= 0.6 is 0 Å². The zero-order chi connectivity index (χ0) is 17.2. The maximum atomic E-state index is 12.6. The second-order valence-electron chi connectivity index (χ2n) is 7.46. The molecule has 0 N–H and O–H groups in total. The summed E-state index contributed by atoms with van der Waals surface area (Å²) in [6.07, 6.45) is 5.78. The van der Waals surface area contributed by atoms with Crippen molar-refractivity contribution in [3.05, 3.63) is 30.1 Å². The molecule has 3 heterocycles. The van der Waals surface area contributed by atoms with Crippen molar-refractivity contribution in [2.75, 3.05) is 32.8 Å². The van der Waals surface area contributed by atoms with Crippen molar-refractivity contribution >= 4 is 11.8 Å². The van der Waals surface area contributed by atoms with Crippen molar-refractivity contribution in [1.29, 1.82) is 0 Å². The highest BCUT2D eigenvalue weighted by Crippen LogP contribution is 2.38. The maximum absolute atomic E-state index is 12.6. The molecule has 0 spiro atoms. The lowest BCUT2D eigenvalue weighted by Gasteiger charge is -2.36. The lowest BCUT2D eigenvalue weighted by atomic mass is 9.81. The number of pyridine rings is 1. The molecule has 3 aliphatic rings. The van der Waals surface area contributed by atoms with E-state index in [0.29, 0.717) is 6.67 Å². The number of carbonyl (C=O) groups is 2. The van der Waals surface area contributed by atoms with Gasteiger partial charge < -0.3 is 0 Å². The van der Waals surface area contributed by atoms with Crippen molar-refractivity contribution in [3.63, 3.8) is 0 Å². The molecule has 6 nitrogen and oxygen atoms in total. The van der Waals surface area contributed by atoms with Gasteiger partial charge in [0.25, 0.3) is 0 Å². The number of likely N-dealkylation sites (tertiary alicyclic amines) is 1. The molecule has 1 saturated carbocycles. The number of hydrogen-bond acceptors (Lipinski definition) is 5. The minimum atomic E-state index is -0.0355. The first kappa shape index (κ1) is 16.7. The van der Waals surface area contributed by atoms with E-state index in [1.165, 1.54) is 4.90 Å². The molecule has 2 unspecified atom stereocenters. The van der Waals surface area contributed by atoms with Crippen LogP contribution in [0.15, 0.2) is 24.4 Å². The predicted octanol–water partition coefficient (Wildman–Crippen LogP) is 1.33. The van der Waals surface area contributed by atoms with Gasteiger partial charge in [0.05, 0.1) is 24.2 Å². The van der Waals surface area contributed by atoms with Gasteiger partial charge in [-0.1, -0.05) is 18.9 Å². The van der Waals surface area contributed by atoms with Crippen LogP contribution in [0.5, 0.6) is 0 Å². The molecule has 1 aromatic rings. The van der Waals surface area contributed by atoms with Gasteiger partial charge in [0.15, 0.2) is 0 Å². The second-order valence-corrected chi connectivity index (χ2v) is 7.46. The van der Waals surface area contributed by atoms with Gasteiger partial charge in [-0.15, -0.1) is 0 Å². The quantitative estimate of drug-likeness (QED) is 0.773. The summed E-state index contributed by atoms with van der Waals surface area (Å²) in [4.78, 5) is 35.7. The summed E-state index contributed by atoms with van der Waals surface area (Å²) in [7, 11) is 0. The number of piperazine rings is 1. The lowest BCUT2D eigenvalue weighted by Crippen LogP contribution is -2.51. The van der Waals surface area contributed by atoms with Crippen LogP contribution in [0.4, 0.5) is 0 Å². The first-order chi connectivity index (χ1) is 12.2. The first-order valence-electron chi connectivity index (χ1n) is 9.42. The summed E-state index contributed by atoms with van der Waals surface area (Å²) < 4.78 is 0. The number of nitrogens with zero attached hydrogens (tertiary/aromatic N) is 4. The van der Waals surface area contributed by atoms with E-state index in [-0.39, 0.29) is 23.7 Å². The molecule has 4 rings (SSSR count). The number of imide groups is 1. The number of amides is 2. The third-order valence-electron chi connectivity index (χ3n) is 5.85. The number of aromatic nitrogens is 1. The molecule has 2 saturated heterocycles. The minimum Gasteiger partial charge on any atom is -0.295 e. The molecule has 2 atom stereocenters. The Balaban J connectivity index is 1.30. The maximum Gasteiger partial charge on any atom is 0.234 e. The number of hydrogen-bond donors (Lipinski definition) is 0. The Hall–Kier alpha value is -1.79. The highest BCUT2D eigenvalue weighted by molar-refractivity contribution is 6.05. The van der Waals surface area contributed by atoms with Gasteiger partial charge in [0.2, 0.25) is 11.8 Å². The van der Waals surface area contributed by atoms with Crippen LogP contribution in [0.2, 0.25) is 0 Å². The lowest BCUT2D eigenvalue weighted by molar-refractivity contribution is -0.142. The van der Waals surface area contributed by atoms with E-state index in [9.17, 15) is 9.59 Å². The largest absolute Gasteiger partial charge is 0.295 e. The summed E-state index contributed by atoms with van der Waals surface area (Å²) in [5.74, 6) is 0.0784. The molecule has 25 heavy (non-hydrogen) atoms. The van der Waals surface area contributed by atoms with Crippen molar-refractivity contribution < 1.29 is 9.59 Å². The van der Waals surface area contributed by atoms with Crippen LogP contribution in [0, 0.1) is 11.8 Å². The van der Waals surface area contributed by atoms with E-state index in [0.717, 1.165) is 64.1 Å². The van der Waals surface area contributed by atoms with E-state index in [2.05, 4.69) is 20.9 Å². The third kappa shape index (κ3) is 3.46. The number of fused-ring (bicyclic) bond motifs is 1. The summed E-state index contributed by atoms with van der Waals surface area (Å²) in [5.41, 5.74) is 1.09. The Morgan fingerprint density at radius 1 is 0.920 bits per heavy atom. The standard InChI is InChI=1S/C19H26N4O2/c24-18-16-6-1-2-7-17(16)19(25)23(18)14-22-11-9-21(10-12-22)13-15-5-3-4-8-20-15/h3-5,8,16-17H,1-2,6-7,9-14H2. The fourth-order valence-electron chi connectivity index (χ4n) is 4.38. The van der Waals surface area contributed by atoms with Crippen LogP contribution in [-0.2, 0) is 16.1 Å². The van der Waals surface area contributed by atoms with Crippen LogP contribution in [-0.4, -0.2) is 64.3 Å². The average Bonchev–Trinajstić information content (AvgIpc) is 2.89.